The Balaban J connectivity index is 1.75. The molecule has 1 aliphatic heterocycles. The second kappa shape index (κ2) is 8.05. The molecule has 0 amide bonds. The normalized spacial score (nSPS) is 14.7. The fourth-order valence-electron chi connectivity index (χ4n) is 3.65. The fraction of sp³-hybridized carbons (Fsp3) is 0.318. The van der Waals surface area contributed by atoms with Gasteiger partial charge in [-0.2, -0.15) is 0 Å². The lowest BCUT2D eigenvalue weighted by atomic mass is 10.1. The maximum atomic E-state index is 11.7. The van der Waals surface area contributed by atoms with E-state index in [1.165, 1.54) is 6.92 Å². The maximum Gasteiger partial charge on any atom is 0.162 e. The second-order valence-electron chi connectivity index (χ2n) is 7.31. The summed E-state index contributed by atoms with van der Waals surface area (Å²) in [4.78, 5) is 20.9. The van der Waals surface area contributed by atoms with E-state index in [0.717, 1.165) is 48.3 Å². The maximum absolute atomic E-state index is 11.7. The molecular formula is C22H25N5O2. The molecule has 4 rings (SSSR count). The van der Waals surface area contributed by atoms with Crippen LogP contribution < -0.4 is 21.1 Å². The number of nitrogens with one attached hydrogen (secondary N) is 2. The van der Waals surface area contributed by atoms with Crippen molar-refractivity contribution in [3.05, 3.63) is 42.0 Å². The number of carbonyl (C=O) groups excluding carboxylic acids is 1. The van der Waals surface area contributed by atoms with Crippen LogP contribution in [0.15, 0.2) is 36.4 Å². The highest BCUT2D eigenvalue weighted by Gasteiger charge is 2.17. The van der Waals surface area contributed by atoms with E-state index in [1.807, 2.05) is 24.3 Å². The summed E-state index contributed by atoms with van der Waals surface area (Å²) in [7, 11) is 1.65. The van der Waals surface area contributed by atoms with Crippen molar-refractivity contribution in [3.63, 3.8) is 0 Å². The van der Waals surface area contributed by atoms with Gasteiger partial charge in [-0.3, -0.25) is 4.79 Å². The Morgan fingerprint density at radius 2 is 2.00 bits per heavy atom. The molecule has 0 spiro atoms. The molecule has 1 saturated heterocycles. The molecule has 0 bridgehead atoms. The molecule has 3 aromatic rings. The van der Waals surface area contributed by atoms with Crippen LogP contribution in [0, 0.1) is 0 Å². The first-order chi connectivity index (χ1) is 14.0. The number of nitrogens with zero attached hydrogens (tertiary/aromatic N) is 2. The summed E-state index contributed by atoms with van der Waals surface area (Å²) in [6.07, 6.45) is 2.11. The summed E-state index contributed by atoms with van der Waals surface area (Å²) >= 11 is 0. The minimum atomic E-state index is -0.00379. The first-order valence-electron chi connectivity index (χ1n) is 9.79. The number of carbonyl (C=O) groups is 1. The zero-order valence-electron chi connectivity index (χ0n) is 16.7. The fourth-order valence-corrected chi connectivity index (χ4v) is 3.65. The number of hydrogen-bond acceptors (Lipinski definition) is 7. The minimum absolute atomic E-state index is 0.00379. The van der Waals surface area contributed by atoms with Crippen LogP contribution in [0.2, 0.25) is 0 Å². The van der Waals surface area contributed by atoms with Crippen molar-refractivity contribution in [3.8, 4) is 17.1 Å². The van der Waals surface area contributed by atoms with Crippen molar-refractivity contribution in [2.45, 2.75) is 25.8 Å². The van der Waals surface area contributed by atoms with E-state index in [-0.39, 0.29) is 5.78 Å². The topological polar surface area (TPSA) is 102 Å². The molecule has 0 atom stereocenters. The number of nitrogens with two attached hydrogens (primary N) is 1. The summed E-state index contributed by atoms with van der Waals surface area (Å²) < 4.78 is 5.61. The molecule has 2 aromatic carbocycles. The van der Waals surface area contributed by atoms with Crippen LogP contribution in [0.25, 0.3) is 22.3 Å². The van der Waals surface area contributed by atoms with E-state index in [0.29, 0.717) is 28.8 Å². The van der Waals surface area contributed by atoms with Crippen LogP contribution in [0.4, 0.5) is 11.5 Å². The number of fused-ring (bicyclic) bond motifs is 1. The average molecular weight is 391 g/mol. The Kier molecular flexibility index (Phi) is 5.31. The van der Waals surface area contributed by atoms with Crippen LogP contribution in [-0.2, 0) is 0 Å². The highest BCUT2D eigenvalue weighted by atomic mass is 16.5. The van der Waals surface area contributed by atoms with E-state index in [9.17, 15) is 4.79 Å². The van der Waals surface area contributed by atoms with Gasteiger partial charge in [0.15, 0.2) is 11.6 Å². The van der Waals surface area contributed by atoms with Crippen LogP contribution in [0.5, 0.6) is 5.75 Å². The zero-order chi connectivity index (χ0) is 20.4. The Labute approximate surface area is 169 Å². The summed E-state index contributed by atoms with van der Waals surface area (Å²) in [5.41, 5.74) is 9.25. The number of anilines is 2. The Bertz CT molecular complexity index is 1060. The molecule has 0 radical (unpaired) electrons. The number of rotatable bonds is 5. The third kappa shape index (κ3) is 4.00. The molecule has 1 fully saturated rings. The Morgan fingerprint density at radius 1 is 1.21 bits per heavy atom. The van der Waals surface area contributed by atoms with Gasteiger partial charge < -0.3 is 21.1 Å². The van der Waals surface area contributed by atoms with Gasteiger partial charge in [0.05, 0.1) is 18.3 Å². The standard InChI is InChI=1S/C22H25N5O2/c1-13(28)14-4-3-5-15(10-14)22-26-18-12-20(29-2)19(11-17(18)21(23)27-22)25-16-6-8-24-9-7-16/h3-5,10-12,16,24-25H,6-9H2,1-2H3,(H2,23,26,27). The van der Waals surface area contributed by atoms with Gasteiger partial charge in [-0.1, -0.05) is 18.2 Å². The molecule has 2 heterocycles. The van der Waals surface area contributed by atoms with Crippen molar-refractivity contribution < 1.29 is 9.53 Å². The molecule has 7 heteroatoms. The number of hydrogen-bond donors (Lipinski definition) is 3. The lowest BCUT2D eigenvalue weighted by Crippen LogP contribution is -2.35. The van der Waals surface area contributed by atoms with Gasteiger partial charge in [0.25, 0.3) is 0 Å². The van der Waals surface area contributed by atoms with Gasteiger partial charge >= 0.3 is 0 Å². The van der Waals surface area contributed by atoms with E-state index in [2.05, 4.69) is 20.6 Å². The predicted octanol–water partition coefficient (Wildman–Crippen LogP) is 3.25. The van der Waals surface area contributed by atoms with Gasteiger partial charge in [-0.25, -0.2) is 9.97 Å². The van der Waals surface area contributed by atoms with E-state index in [1.54, 1.807) is 19.2 Å². The average Bonchev–Trinajstić information content (AvgIpc) is 2.74. The lowest BCUT2D eigenvalue weighted by molar-refractivity contribution is 0.101. The van der Waals surface area contributed by atoms with Gasteiger partial charge in [-0.05, 0) is 45.0 Å². The van der Waals surface area contributed by atoms with Crippen LogP contribution >= 0.6 is 0 Å². The van der Waals surface area contributed by atoms with Crippen molar-refractivity contribution in [1.29, 1.82) is 0 Å². The SMILES string of the molecule is COc1cc2nc(-c3cccc(C(C)=O)c3)nc(N)c2cc1NC1CCNCC1. The van der Waals surface area contributed by atoms with E-state index >= 15 is 0 Å². The summed E-state index contributed by atoms with van der Waals surface area (Å²) in [6, 6.07) is 11.5. The Morgan fingerprint density at radius 3 is 2.72 bits per heavy atom. The summed E-state index contributed by atoms with van der Waals surface area (Å²) in [5.74, 6) is 1.60. The zero-order valence-corrected chi connectivity index (χ0v) is 16.7. The summed E-state index contributed by atoms with van der Waals surface area (Å²) in [5, 5.41) is 7.71. The number of aromatic nitrogens is 2. The number of benzene rings is 2. The van der Waals surface area contributed by atoms with Gasteiger partial charge in [0.1, 0.15) is 11.6 Å². The molecule has 0 saturated carbocycles. The van der Waals surface area contributed by atoms with E-state index in [4.69, 9.17) is 10.5 Å². The van der Waals surface area contributed by atoms with Gasteiger partial charge in [0, 0.05) is 28.6 Å². The quantitative estimate of drug-likeness (QED) is 0.574. The first-order valence-corrected chi connectivity index (χ1v) is 9.79. The number of ether oxygens (including phenoxy) is 1. The number of nitrogen functional groups attached to an aromatic ring is 1. The molecule has 1 aromatic heterocycles. The number of ketones is 1. The predicted molar refractivity (Wildman–Crippen MR) is 115 cm³/mol. The lowest BCUT2D eigenvalue weighted by Gasteiger charge is -2.25. The molecule has 150 valence electrons. The molecule has 7 nitrogen and oxygen atoms in total. The first kappa shape index (κ1) is 19.1. The van der Waals surface area contributed by atoms with Crippen LogP contribution in [0.3, 0.4) is 0 Å². The molecular weight excluding hydrogens is 366 g/mol. The van der Waals surface area contributed by atoms with Gasteiger partial charge in [-0.15, -0.1) is 0 Å². The van der Waals surface area contributed by atoms with Crippen LogP contribution in [-0.4, -0.2) is 42.0 Å². The molecule has 1 aliphatic rings. The largest absolute Gasteiger partial charge is 0.495 e. The summed E-state index contributed by atoms with van der Waals surface area (Å²) in [6.45, 7) is 3.54. The van der Waals surface area contributed by atoms with Crippen molar-refractivity contribution in [1.82, 2.24) is 15.3 Å². The van der Waals surface area contributed by atoms with Crippen molar-refractivity contribution in [2.75, 3.05) is 31.2 Å². The molecule has 4 N–H and O–H groups in total. The van der Waals surface area contributed by atoms with Gasteiger partial charge in [0.2, 0.25) is 0 Å². The Hall–Kier alpha value is -3.19. The number of piperidine rings is 1. The monoisotopic (exact) mass is 391 g/mol. The highest BCUT2D eigenvalue weighted by Crippen LogP contribution is 2.34. The highest BCUT2D eigenvalue weighted by molar-refractivity contribution is 5.96. The number of methoxy groups -OCH3 is 1. The molecule has 0 unspecified atom stereocenters. The smallest absolute Gasteiger partial charge is 0.162 e. The van der Waals surface area contributed by atoms with Crippen molar-refractivity contribution >= 4 is 28.2 Å². The van der Waals surface area contributed by atoms with Crippen LogP contribution in [0.1, 0.15) is 30.1 Å². The molecule has 0 aliphatic carbocycles. The van der Waals surface area contributed by atoms with E-state index < -0.39 is 0 Å². The second-order valence-corrected chi connectivity index (χ2v) is 7.31. The third-order valence-electron chi connectivity index (χ3n) is 5.27. The third-order valence-corrected chi connectivity index (χ3v) is 5.27. The molecule has 29 heavy (non-hydrogen) atoms. The van der Waals surface area contributed by atoms with Crippen molar-refractivity contribution in [2.24, 2.45) is 0 Å². The minimum Gasteiger partial charge on any atom is -0.495 e. The number of Topliss-reactive ketones (excluding diaryl/α,β-unsaturated/α-hetero) is 1.